The van der Waals surface area contributed by atoms with Gasteiger partial charge in [-0.3, -0.25) is 0 Å². The maximum atomic E-state index is 10.9. The van der Waals surface area contributed by atoms with Gasteiger partial charge in [0, 0.05) is 7.11 Å². The molecule has 26 heavy (non-hydrogen) atoms. The third kappa shape index (κ3) is 7.48. The van der Waals surface area contributed by atoms with Gasteiger partial charge >= 0.3 is 5.97 Å². The minimum atomic E-state index is -2.03. The Balaban J connectivity index is 5.22. The average molecular weight is 391 g/mol. The summed E-state index contributed by atoms with van der Waals surface area (Å²) in [5.74, 6) is -1.79. The van der Waals surface area contributed by atoms with E-state index in [2.05, 4.69) is 33.9 Å². The summed E-state index contributed by atoms with van der Waals surface area (Å²) in [6.07, 6.45) is 1.47. The molecule has 154 valence electrons. The zero-order valence-corrected chi connectivity index (χ0v) is 18.5. The molecule has 6 nitrogen and oxygen atoms in total. The number of aliphatic hydroxyl groups is 2. The largest absolute Gasteiger partial charge is 0.479 e. The number of carboxylic acid groups (broad SMARTS) is 1. The predicted octanol–water partition coefficient (Wildman–Crippen LogP) is 3.19. The molecule has 0 aliphatic carbocycles. The molecule has 0 heterocycles. The van der Waals surface area contributed by atoms with Gasteiger partial charge < -0.3 is 24.5 Å². The molecule has 0 aromatic heterocycles. The van der Waals surface area contributed by atoms with Gasteiger partial charge in [-0.25, -0.2) is 4.79 Å². The lowest BCUT2D eigenvalue weighted by Gasteiger charge is -2.41. The summed E-state index contributed by atoms with van der Waals surface area (Å²) < 4.78 is 12.1. The Labute approximate surface area is 159 Å². The summed E-state index contributed by atoms with van der Waals surface area (Å²) in [4.78, 5) is 10.9. The van der Waals surface area contributed by atoms with Crippen molar-refractivity contribution in [3.63, 3.8) is 0 Å². The second-order valence-electron chi connectivity index (χ2n) is 8.47. The van der Waals surface area contributed by atoms with Gasteiger partial charge in [0.05, 0.1) is 12.2 Å². The van der Waals surface area contributed by atoms with E-state index in [-0.39, 0.29) is 23.2 Å². The SMILES string of the molecule is C/C=C\[C@H](OC)[C@H](CC[C@@H](C)C(O)C(O)C(=O)O)O[Si](C)(C)C(C)(C)C. The van der Waals surface area contributed by atoms with Crippen LogP contribution in [0, 0.1) is 5.92 Å². The molecule has 2 unspecified atom stereocenters. The third-order valence-corrected chi connectivity index (χ3v) is 9.84. The average Bonchev–Trinajstić information content (AvgIpc) is 2.53. The molecule has 0 radical (unpaired) electrons. The Morgan fingerprint density at radius 2 is 1.73 bits per heavy atom. The number of methoxy groups -OCH3 is 1. The van der Waals surface area contributed by atoms with E-state index in [1.54, 1.807) is 14.0 Å². The van der Waals surface area contributed by atoms with E-state index in [9.17, 15) is 15.0 Å². The normalized spacial score (nSPS) is 19.2. The summed E-state index contributed by atoms with van der Waals surface area (Å²) >= 11 is 0. The molecule has 5 atom stereocenters. The molecule has 0 saturated heterocycles. The molecule has 0 aromatic carbocycles. The number of aliphatic hydroxyl groups excluding tert-OH is 2. The van der Waals surface area contributed by atoms with Crippen LogP contribution in [0.3, 0.4) is 0 Å². The van der Waals surface area contributed by atoms with Gasteiger partial charge in [-0.1, -0.05) is 39.8 Å². The van der Waals surface area contributed by atoms with Crippen LogP contribution < -0.4 is 0 Å². The van der Waals surface area contributed by atoms with Gasteiger partial charge in [0.25, 0.3) is 0 Å². The number of hydrogen-bond donors (Lipinski definition) is 3. The van der Waals surface area contributed by atoms with Crippen molar-refractivity contribution in [3.8, 4) is 0 Å². The molecule has 3 N–H and O–H groups in total. The highest BCUT2D eigenvalue weighted by Crippen LogP contribution is 2.38. The lowest BCUT2D eigenvalue weighted by molar-refractivity contribution is -0.155. The molecule has 0 bridgehead atoms. The van der Waals surface area contributed by atoms with Gasteiger partial charge in [0.1, 0.15) is 6.10 Å². The fourth-order valence-corrected chi connectivity index (χ4v) is 3.81. The van der Waals surface area contributed by atoms with E-state index in [0.29, 0.717) is 12.8 Å². The van der Waals surface area contributed by atoms with Crippen LogP contribution in [0.5, 0.6) is 0 Å². The number of hydrogen-bond acceptors (Lipinski definition) is 5. The standard InChI is InChI=1S/C19H38O6Si/c1-9-10-14(24-6)15(25-26(7,8)19(3,4)5)12-11-13(2)16(20)17(21)18(22)23/h9-10,13-17,20-21H,11-12H2,1-8H3,(H,22,23)/b10-9-/t13-,14+,15+,16?,17?/m1/s1. The molecular weight excluding hydrogens is 352 g/mol. The maximum absolute atomic E-state index is 10.9. The summed E-state index contributed by atoms with van der Waals surface area (Å²) in [5, 5.41) is 28.5. The van der Waals surface area contributed by atoms with Crippen molar-refractivity contribution in [2.45, 2.75) is 90.0 Å². The lowest BCUT2D eigenvalue weighted by atomic mass is 9.92. The van der Waals surface area contributed by atoms with E-state index >= 15 is 0 Å². The number of carbonyl (C=O) groups is 1. The quantitative estimate of drug-likeness (QED) is 0.370. The first kappa shape index (κ1) is 25.3. The lowest BCUT2D eigenvalue weighted by Crippen LogP contribution is -2.47. The Morgan fingerprint density at radius 3 is 2.12 bits per heavy atom. The molecular formula is C19H38O6Si. The molecule has 7 heteroatoms. The van der Waals surface area contributed by atoms with Crippen LogP contribution in [0.25, 0.3) is 0 Å². The molecule has 0 spiro atoms. The molecule has 0 aromatic rings. The fourth-order valence-electron chi connectivity index (χ4n) is 2.44. The van der Waals surface area contributed by atoms with Crippen LogP contribution in [-0.4, -0.2) is 61.1 Å². The Hall–Kier alpha value is -0.733. The topological polar surface area (TPSA) is 96.2 Å². The van der Waals surface area contributed by atoms with Crippen LogP contribution in [0.15, 0.2) is 12.2 Å². The molecule has 0 aliphatic rings. The highest BCUT2D eigenvalue weighted by atomic mass is 28.4. The molecule has 0 rings (SSSR count). The van der Waals surface area contributed by atoms with Crippen molar-refractivity contribution < 1.29 is 29.3 Å². The number of aliphatic carboxylic acids is 1. The van der Waals surface area contributed by atoms with Crippen LogP contribution in [0.4, 0.5) is 0 Å². The first-order valence-corrected chi connectivity index (χ1v) is 12.1. The predicted molar refractivity (Wildman–Crippen MR) is 106 cm³/mol. The first-order valence-electron chi connectivity index (χ1n) is 9.20. The minimum absolute atomic E-state index is 0.0457. The molecule has 0 amide bonds. The highest BCUT2D eigenvalue weighted by Gasteiger charge is 2.40. The van der Waals surface area contributed by atoms with E-state index < -0.39 is 26.5 Å². The van der Waals surface area contributed by atoms with Crippen molar-refractivity contribution in [2.24, 2.45) is 5.92 Å². The van der Waals surface area contributed by atoms with Crippen LogP contribution in [0.2, 0.25) is 18.1 Å². The summed E-state index contributed by atoms with van der Waals surface area (Å²) in [6, 6.07) is 0. The molecule has 0 saturated carbocycles. The van der Waals surface area contributed by atoms with Crippen molar-refractivity contribution >= 4 is 14.3 Å². The van der Waals surface area contributed by atoms with Crippen molar-refractivity contribution in [3.05, 3.63) is 12.2 Å². The second kappa shape index (κ2) is 10.6. The zero-order valence-electron chi connectivity index (χ0n) is 17.5. The smallest absolute Gasteiger partial charge is 0.335 e. The van der Waals surface area contributed by atoms with E-state index in [1.807, 2.05) is 19.1 Å². The van der Waals surface area contributed by atoms with Crippen molar-refractivity contribution in [1.82, 2.24) is 0 Å². The fraction of sp³-hybridized carbons (Fsp3) is 0.842. The van der Waals surface area contributed by atoms with Crippen molar-refractivity contribution in [1.29, 1.82) is 0 Å². The zero-order chi connectivity index (χ0) is 20.7. The van der Waals surface area contributed by atoms with Gasteiger partial charge in [-0.2, -0.15) is 0 Å². The number of ether oxygens (including phenoxy) is 1. The van der Waals surface area contributed by atoms with E-state index in [0.717, 1.165) is 0 Å². The monoisotopic (exact) mass is 390 g/mol. The summed E-state index contributed by atoms with van der Waals surface area (Å²) in [6.45, 7) is 14.5. The van der Waals surface area contributed by atoms with Gasteiger partial charge in [0.15, 0.2) is 14.4 Å². The van der Waals surface area contributed by atoms with E-state index in [1.165, 1.54) is 0 Å². The minimum Gasteiger partial charge on any atom is -0.479 e. The van der Waals surface area contributed by atoms with Crippen molar-refractivity contribution in [2.75, 3.05) is 7.11 Å². The Bertz CT molecular complexity index is 457. The molecule has 0 fully saturated rings. The Morgan fingerprint density at radius 1 is 1.19 bits per heavy atom. The van der Waals surface area contributed by atoms with Gasteiger partial charge in [-0.05, 0) is 43.8 Å². The van der Waals surface area contributed by atoms with Crippen LogP contribution >= 0.6 is 0 Å². The second-order valence-corrected chi connectivity index (χ2v) is 13.2. The van der Waals surface area contributed by atoms with Crippen LogP contribution in [-0.2, 0) is 14.0 Å². The highest BCUT2D eigenvalue weighted by molar-refractivity contribution is 6.74. The number of rotatable bonds is 11. The van der Waals surface area contributed by atoms with Gasteiger partial charge in [-0.15, -0.1) is 0 Å². The first-order chi connectivity index (χ1) is 11.8. The number of carboxylic acids is 1. The summed E-state index contributed by atoms with van der Waals surface area (Å²) in [7, 11) is -0.397. The molecule has 0 aliphatic heterocycles. The number of allylic oxidation sites excluding steroid dienone is 1. The van der Waals surface area contributed by atoms with Crippen LogP contribution in [0.1, 0.15) is 47.5 Å². The third-order valence-electron chi connectivity index (χ3n) is 5.34. The Kier molecular flexibility index (Phi) is 10.3. The van der Waals surface area contributed by atoms with Gasteiger partial charge in [0.2, 0.25) is 0 Å². The van der Waals surface area contributed by atoms with E-state index in [4.69, 9.17) is 14.3 Å². The summed E-state index contributed by atoms with van der Waals surface area (Å²) in [5.41, 5.74) is 0. The maximum Gasteiger partial charge on any atom is 0.335 e.